The van der Waals surface area contributed by atoms with E-state index in [9.17, 15) is 18.0 Å². The number of rotatable bonds is 5. The van der Waals surface area contributed by atoms with E-state index >= 15 is 0 Å². The number of benzene rings is 2. The SMILES string of the molecule is COc1ccccc1N1CCN(C(=O)C2CCCN(S(=O)(=O)c3ccc4c(c3)CCCN4C(C)=O)C2)CC1. The van der Waals surface area contributed by atoms with E-state index in [-0.39, 0.29) is 29.2 Å². The average Bonchev–Trinajstić information content (AvgIpc) is 2.96. The summed E-state index contributed by atoms with van der Waals surface area (Å²) in [5.74, 6) is 0.466. The fourth-order valence-electron chi connectivity index (χ4n) is 5.89. The maximum absolute atomic E-state index is 13.6. The van der Waals surface area contributed by atoms with E-state index in [0.29, 0.717) is 52.1 Å². The maximum atomic E-state index is 13.6. The van der Waals surface area contributed by atoms with Crippen LogP contribution in [0.1, 0.15) is 31.7 Å². The van der Waals surface area contributed by atoms with Gasteiger partial charge in [0.05, 0.1) is 23.6 Å². The molecule has 0 spiro atoms. The third kappa shape index (κ3) is 5.11. The zero-order valence-corrected chi connectivity index (χ0v) is 23.0. The van der Waals surface area contributed by atoms with Gasteiger partial charge in [0, 0.05) is 58.4 Å². The van der Waals surface area contributed by atoms with E-state index in [1.54, 1.807) is 30.2 Å². The predicted octanol–water partition coefficient (Wildman–Crippen LogP) is 2.74. The summed E-state index contributed by atoms with van der Waals surface area (Å²) in [6.07, 6.45) is 2.89. The molecule has 1 unspecified atom stereocenters. The molecule has 2 aromatic carbocycles. The topological polar surface area (TPSA) is 90.5 Å². The molecular weight excluding hydrogens is 504 g/mol. The Bertz CT molecular complexity index is 1310. The van der Waals surface area contributed by atoms with Gasteiger partial charge in [0.1, 0.15) is 5.75 Å². The van der Waals surface area contributed by atoms with E-state index in [2.05, 4.69) is 4.90 Å². The fraction of sp³-hybridized carbons (Fsp3) is 0.500. The summed E-state index contributed by atoms with van der Waals surface area (Å²) in [5, 5.41) is 0. The van der Waals surface area contributed by atoms with E-state index in [4.69, 9.17) is 4.74 Å². The number of piperidine rings is 1. The lowest BCUT2D eigenvalue weighted by Crippen LogP contribution is -2.53. The Kier molecular flexibility index (Phi) is 7.63. The molecule has 0 saturated carbocycles. The number of methoxy groups -OCH3 is 1. The molecule has 0 bridgehead atoms. The number of para-hydroxylation sites is 2. The van der Waals surface area contributed by atoms with Crippen molar-refractivity contribution in [3.05, 3.63) is 48.0 Å². The molecular formula is C28H36N4O5S. The van der Waals surface area contributed by atoms with Crippen molar-refractivity contribution in [1.29, 1.82) is 0 Å². The zero-order chi connectivity index (χ0) is 26.9. The van der Waals surface area contributed by atoms with Crippen LogP contribution in [0, 0.1) is 5.92 Å². The third-order valence-corrected chi connectivity index (χ3v) is 9.80. The number of aryl methyl sites for hydroxylation is 1. The molecule has 0 aliphatic carbocycles. The fourth-order valence-corrected chi connectivity index (χ4v) is 7.46. The molecule has 0 radical (unpaired) electrons. The van der Waals surface area contributed by atoms with Crippen molar-refractivity contribution < 1.29 is 22.7 Å². The van der Waals surface area contributed by atoms with Gasteiger partial charge in [-0.1, -0.05) is 12.1 Å². The van der Waals surface area contributed by atoms with Gasteiger partial charge in [0.15, 0.2) is 0 Å². The lowest BCUT2D eigenvalue weighted by molar-refractivity contribution is -0.137. The number of carbonyl (C=O) groups excluding carboxylic acids is 2. The Morgan fingerprint density at radius 2 is 1.68 bits per heavy atom. The molecule has 0 N–H and O–H groups in total. The number of piperazine rings is 1. The number of ether oxygens (including phenoxy) is 1. The van der Waals surface area contributed by atoms with E-state index in [1.165, 1.54) is 11.2 Å². The third-order valence-electron chi connectivity index (χ3n) is 7.94. The average molecular weight is 541 g/mol. The standard InChI is InChI=1S/C28H36N4O5S/c1-21(33)32-14-6-7-22-19-24(11-12-25(22)32)38(35,36)31-13-5-8-23(20-31)28(34)30-17-15-29(16-18-30)26-9-3-4-10-27(26)37-2/h3-4,9-12,19,23H,5-8,13-18,20H2,1-2H3. The van der Waals surface area contributed by atoms with Crippen LogP contribution in [0.4, 0.5) is 11.4 Å². The van der Waals surface area contributed by atoms with Crippen molar-refractivity contribution in [1.82, 2.24) is 9.21 Å². The second-order valence-corrected chi connectivity index (χ2v) is 12.2. The molecule has 2 fully saturated rings. The minimum atomic E-state index is -3.75. The minimum Gasteiger partial charge on any atom is -0.495 e. The first-order valence-electron chi connectivity index (χ1n) is 13.4. The quantitative estimate of drug-likeness (QED) is 0.580. The zero-order valence-electron chi connectivity index (χ0n) is 22.1. The van der Waals surface area contributed by atoms with Gasteiger partial charge in [-0.2, -0.15) is 4.31 Å². The molecule has 2 saturated heterocycles. The van der Waals surface area contributed by atoms with Gasteiger partial charge in [-0.25, -0.2) is 8.42 Å². The Balaban J connectivity index is 1.25. The number of fused-ring (bicyclic) bond motifs is 1. The molecule has 9 nitrogen and oxygen atoms in total. The first-order chi connectivity index (χ1) is 18.3. The normalized spacial score (nSPS) is 20.7. The first-order valence-corrected chi connectivity index (χ1v) is 14.8. The van der Waals surface area contributed by atoms with E-state index in [0.717, 1.165) is 35.5 Å². The number of hydrogen-bond acceptors (Lipinski definition) is 6. The van der Waals surface area contributed by atoms with Crippen LogP contribution in [-0.2, 0) is 26.0 Å². The Morgan fingerprint density at radius 1 is 0.921 bits per heavy atom. The van der Waals surface area contributed by atoms with Crippen LogP contribution >= 0.6 is 0 Å². The van der Waals surface area contributed by atoms with Crippen molar-refractivity contribution in [2.24, 2.45) is 5.92 Å². The number of carbonyl (C=O) groups is 2. The molecule has 3 heterocycles. The smallest absolute Gasteiger partial charge is 0.243 e. The molecule has 10 heteroatoms. The summed E-state index contributed by atoms with van der Waals surface area (Å²) in [6, 6.07) is 12.9. The maximum Gasteiger partial charge on any atom is 0.243 e. The highest BCUT2D eigenvalue weighted by atomic mass is 32.2. The lowest BCUT2D eigenvalue weighted by Gasteiger charge is -2.39. The van der Waals surface area contributed by atoms with Crippen molar-refractivity contribution in [2.45, 2.75) is 37.5 Å². The molecule has 2 amide bonds. The molecule has 38 heavy (non-hydrogen) atoms. The van der Waals surface area contributed by atoms with Crippen molar-refractivity contribution in [3.8, 4) is 5.75 Å². The molecule has 0 aromatic heterocycles. The number of nitrogens with zero attached hydrogens (tertiary/aromatic N) is 4. The number of sulfonamides is 1. The van der Waals surface area contributed by atoms with Gasteiger partial charge in [0.25, 0.3) is 0 Å². The first kappa shape index (κ1) is 26.5. The molecule has 1 atom stereocenters. The van der Waals surface area contributed by atoms with Crippen molar-refractivity contribution in [2.75, 3.05) is 62.7 Å². The van der Waals surface area contributed by atoms with E-state index in [1.807, 2.05) is 29.2 Å². The Labute approximate surface area is 225 Å². The van der Waals surface area contributed by atoms with Crippen LogP contribution in [0.2, 0.25) is 0 Å². The number of hydrogen-bond donors (Lipinski definition) is 0. The number of anilines is 2. The van der Waals surface area contributed by atoms with Crippen molar-refractivity contribution in [3.63, 3.8) is 0 Å². The Hall–Kier alpha value is -3.11. The highest BCUT2D eigenvalue weighted by molar-refractivity contribution is 7.89. The van der Waals surface area contributed by atoms with Crippen LogP contribution in [-0.4, -0.2) is 82.4 Å². The summed E-state index contributed by atoms with van der Waals surface area (Å²) in [4.78, 5) is 31.5. The Morgan fingerprint density at radius 3 is 2.42 bits per heavy atom. The largest absolute Gasteiger partial charge is 0.495 e. The van der Waals surface area contributed by atoms with Crippen LogP contribution in [0.5, 0.6) is 5.75 Å². The monoisotopic (exact) mass is 540 g/mol. The predicted molar refractivity (Wildman–Crippen MR) is 146 cm³/mol. The summed E-state index contributed by atoms with van der Waals surface area (Å²) >= 11 is 0. The highest BCUT2D eigenvalue weighted by Crippen LogP contribution is 2.33. The molecule has 3 aliphatic rings. The molecule has 204 valence electrons. The molecule has 3 aliphatic heterocycles. The van der Waals surface area contributed by atoms with E-state index < -0.39 is 10.0 Å². The molecule has 2 aromatic rings. The van der Waals surface area contributed by atoms with Gasteiger partial charge >= 0.3 is 0 Å². The summed E-state index contributed by atoms with van der Waals surface area (Å²) in [7, 11) is -2.09. The van der Waals surface area contributed by atoms with Crippen LogP contribution in [0.25, 0.3) is 0 Å². The highest BCUT2D eigenvalue weighted by Gasteiger charge is 2.36. The van der Waals surface area contributed by atoms with Gasteiger partial charge in [-0.15, -0.1) is 0 Å². The van der Waals surface area contributed by atoms with Gasteiger partial charge in [0.2, 0.25) is 21.8 Å². The van der Waals surface area contributed by atoms with Crippen LogP contribution < -0.4 is 14.5 Å². The van der Waals surface area contributed by atoms with Crippen molar-refractivity contribution >= 4 is 33.2 Å². The summed E-state index contributed by atoms with van der Waals surface area (Å²) in [6.45, 7) is 5.38. The van der Waals surface area contributed by atoms with Crippen LogP contribution in [0.15, 0.2) is 47.4 Å². The van der Waals surface area contributed by atoms with Gasteiger partial charge < -0.3 is 19.4 Å². The summed E-state index contributed by atoms with van der Waals surface area (Å²) < 4.78 is 34.2. The van der Waals surface area contributed by atoms with Gasteiger partial charge in [-0.05, 0) is 61.6 Å². The second-order valence-electron chi connectivity index (χ2n) is 10.3. The molecule has 5 rings (SSSR count). The van der Waals surface area contributed by atoms with Gasteiger partial charge in [-0.3, -0.25) is 9.59 Å². The minimum absolute atomic E-state index is 0.0344. The lowest BCUT2D eigenvalue weighted by atomic mass is 9.97. The number of amides is 2. The van der Waals surface area contributed by atoms with Crippen LogP contribution in [0.3, 0.4) is 0 Å². The second kappa shape index (κ2) is 10.9. The summed E-state index contributed by atoms with van der Waals surface area (Å²) in [5.41, 5.74) is 2.69.